The van der Waals surface area contributed by atoms with Crippen LogP contribution in [0.2, 0.25) is 5.02 Å². The van der Waals surface area contributed by atoms with E-state index in [1.54, 1.807) is 43.3 Å². The maximum Gasteiger partial charge on any atom is 0.266 e. The number of fused-ring (bicyclic) bond motifs is 1. The largest absolute Gasteiger partial charge is 0.497 e. The SMILES string of the molecule is COc1ccc(NC(=O)c2sc3ncn(CC(=O)Nc4ccc(C)c(Cl)c4)c(=O)c3c2C)c(OC)c1. The zero-order valence-electron chi connectivity index (χ0n) is 20.0. The summed E-state index contributed by atoms with van der Waals surface area (Å²) in [5, 5.41) is 6.36. The number of rotatable bonds is 7. The predicted octanol–water partition coefficient (Wildman–Crippen LogP) is 4.64. The fraction of sp³-hybridized carbons (Fsp3) is 0.200. The van der Waals surface area contributed by atoms with Crippen molar-refractivity contribution < 1.29 is 19.1 Å². The first-order valence-electron chi connectivity index (χ1n) is 10.8. The second kappa shape index (κ2) is 10.4. The molecule has 0 saturated carbocycles. The van der Waals surface area contributed by atoms with Gasteiger partial charge in [0.25, 0.3) is 11.5 Å². The highest BCUT2D eigenvalue weighted by atomic mass is 35.5. The lowest BCUT2D eigenvalue weighted by Gasteiger charge is -2.11. The number of nitrogens with one attached hydrogen (secondary N) is 2. The summed E-state index contributed by atoms with van der Waals surface area (Å²) in [6.45, 7) is 3.30. The highest BCUT2D eigenvalue weighted by Crippen LogP contribution is 2.32. The lowest BCUT2D eigenvalue weighted by molar-refractivity contribution is -0.116. The first-order chi connectivity index (χ1) is 17.2. The molecule has 0 aliphatic carbocycles. The van der Waals surface area contributed by atoms with Gasteiger partial charge in [-0.2, -0.15) is 0 Å². The lowest BCUT2D eigenvalue weighted by atomic mass is 10.2. The minimum atomic E-state index is -0.410. The summed E-state index contributed by atoms with van der Waals surface area (Å²) in [5.41, 5.74) is 1.94. The number of carbonyl (C=O) groups excluding carboxylic acids is 2. The van der Waals surface area contributed by atoms with Crippen LogP contribution in [0.3, 0.4) is 0 Å². The highest BCUT2D eigenvalue weighted by molar-refractivity contribution is 7.20. The number of hydrogen-bond acceptors (Lipinski definition) is 7. The van der Waals surface area contributed by atoms with Gasteiger partial charge in [-0.3, -0.25) is 19.0 Å². The number of nitrogens with zero attached hydrogens (tertiary/aromatic N) is 2. The molecule has 0 aliphatic rings. The molecule has 0 atom stereocenters. The number of aryl methyl sites for hydroxylation is 2. The van der Waals surface area contributed by atoms with E-state index in [0.29, 0.717) is 48.6 Å². The molecule has 2 aromatic heterocycles. The first kappa shape index (κ1) is 25.2. The van der Waals surface area contributed by atoms with Gasteiger partial charge < -0.3 is 20.1 Å². The summed E-state index contributed by atoms with van der Waals surface area (Å²) < 4.78 is 11.7. The number of benzene rings is 2. The number of aromatic nitrogens is 2. The van der Waals surface area contributed by atoms with Crippen molar-refractivity contribution in [3.8, 4) is 11.5 Å². The smallest absolute Gasteiger partial charge is 0.266 e. The maximum absolute atomic E-state index is 13.2. The second-order valence-electron chi connectivity index (χ2n) is 7.95. The molecule has 36 heavy (non-hydrogen) atoms. The Morgan fingerprint density at radius 1 is 1.08 bits per heavy atom. The molecule has 0 fully saturated rings. The van der Waals surface area contributed by atoms with Gasteiger partial charge >= 0.3 is 0 Å². The molecular formula is C25H23ClN4O5S. The molecule has 2 aromatic carbocycles. The van der Waals surface area contributed by atoms with E-state index in [1.165, 1.54) is 25.1 Å². The molecule has 4 aromatic rings. The van der Waals surface area contributed by atoms with Crippen LogP contribution in [-0.2, 0) is 11.3 Å². The molecule has 2 heterocycles. The third kappa shape index (κ3) is 5.05. The van der Waals surface area contributed by atoms with E-state index >= 15 is 0 Å². The van der Waals surface area contributed by atoms with Crippen molar-refractivity contribution in [2.24, 2.45) is 0 Å². The molecule has 0 radical (unpaired) electrons. The normalized spacial score (nSPS) is 10.8. The Morgan fingerprint density at radius 3 is 2.56 bits per heavy atom. The van der Waals surface area contributed by atoms with Crippen LogP contribution < -0.4 is 25.7 Å². The van der Waals surface area contributed by atoms with E-state index in [4.69, 9.17) is 21.1 Å². The Bertz CT molecular complexity index is 1550. The number of methoxy groups -OCH3 is 2. The van der Waals surface area contributed by atoms with Crippen LogP contribution in [0.1, 0.15) is 20.8 Å². The molecular weight excluding hydrogens is 504 g/mol. The standard InChI is InChI=1S/C25H23ClN4O5S/c1-13-5-6-15(9-17(13)26)28-20(31)11-30-12-27-24-21(25(30)33)14(2)22(36-24)23(32)29-18-8-7-16(34-3)10-19(18)35-4/h5-10,12H,11H2,1-4H3,(H,28,31)(H,29,32). The quantitative estimate of drug-likeness (QED) is 0.363. The van der Waals surface area contributed by atoms with Crippen molar-refractivity contribution in [2.45, 2.75) is 20.4 Å². The van der Waals surface area contributed by atoms with E-state index in [-0.39, 0.29) is 6.54 Å². The van der Waals surface area contributed by atoms with Crippen LogP contribution in [0.5, 0.6) is 11.5 Å². The van der Waals surface area contributed by atoms with Crippen molar-refractivity contribution in [1.82, 2.24) is 9.55 Å². The summed E-state index contributed by atoms with van der Waals surface area (Å²) >= 11 is 7.22. The van der Waals surface area contributed by atoms with Gasteiger partial charge in [-0.05, 0) is 49.2 Å². The average molecular weight is 527 g/mol. The van der Waals surface area contributed by atoms with Crippen molar-refractivity contribution in [3.63, 3.8) is 0 Å². The Balaban J connectivity index is 1.57. The number of thiophene rings is 1. The van der Waals surface area contributed by atoms with Crippen LogP contribution in [0, 0.1) is 13.8 Å². The Morgan fingerprint density at radius 2 is 1.86 bits per heavy atom. The number of hydrogen-bond donors (Lipinski definition) is 2. The zero-order chi connectivity index (χ0) is 26.0. The predicted molar refractivity (Wildman–Crippen MR) is 141 cm³/mol. The molecule has 4 rings (SSSR count). The highest BCUT2D eigenvalue weighted by Gasteiger charge is 2.21. The van der Waals surface area contributed by atoms with E-state index in [1.807, 2.05) is 6.92 Å². The van der Waals surface area contributed by atoms with Crippen molar-refractivity contribution in [3.05, 3.63) is 74.1 Å². The van der Waals surface area contributed by atoms with Gasteiger partial charge in [0.15, 0.2) is 0 Å². The zero-order valence-corrected chi connectivity index (χ0v) is 21.5. The number of halogens is 1. The van der Waals surface area contributed by atoms with Crippen LogP contribution in [0.15, 0.2) is 47.5 Å². The van der Waals surface area contributed by atoms with E-state index in [2.05, 4.69) is 15.6 Å². The van der Waals surface area contributed by atoms with Gasteiger partial charge in [-0.25, -0.2) is 4.98 Å². The lowest BCUT2D eigenvalue weighted by Crippen LogP contribution is -2.28. The van der Waals surface area contributed by atoms with Crippen LogP contribution >= 0.6 is 22.9 Å². The van der Waals surface area contributed by atoms with E-state index in [0.717, 1.165) is 16.9 Å². The Hall–Kier alpha value is -3.89. The summed E-state index contributed by atoms with van der Waals surface area (Å²) in [6.07, 6.45) is 1.30. The van der Waals surface area contributed by atoms with Gasteiger partial charge in [-0.15, -0.1) is 11.3 Å². The molecule has 0 spiro atoms. The number of carbonyl (C=O) groups is 2. The topological polar surface area (TPSA) is 112 Å². The third-order valence-corrected chi connectivity index (χ3v) is 7.16. The minimum absolute atomic E-state index is 0.243. The van der Waals surface area contributed by atoms with Crippen LogP contribution in [0.25, 0.3) is 10.2 Å². The van der Waals surface area contributed by atoms with Gasteiger partial charge in [0.1, 0.15) is 22.9 Å². The average Bonchev–Trinajstić information content (AvgIpc) is 3.20. The molecule has 9 nitrogen and oxygen atoms in total. The first-order valence-corrected chi connectivity index (χ1v) is 12.0. The summed E-state index contributed by atoms with van der Waals surface area (Å²) in [4.78, 5) is 43.8. The minimum Gasteiger partial charge on any atom is -0.497 e. The van der Waals surface area contributed by atoms with Crippen molar-refractivity contribution in [2.75, 3.05) is 24.9 Å². The van der Waals surface area contributed by atoms with Gasteiger partial charge in [0.2, 0.25) is 5.91 Å². The van der Waals surface area contributed by atoms with Crippen molar-refractivity contribution in [1.29, 1.82) is 0 Å². The summed E-state index contributed by atoms with van der Waals surface area (Å²) in [6, 6.07) is 10.2. The molecule has 0 unspecified atom stereocenters. The van der Waals surface area contributed by atoms with Gasteiger partial charge in [0, 0.05) is 16.8 Å². The molecule has 0 saturated heterocycles. The third-order valence-electron chi connectivity index (χ3n) is 5.55. The summed E-state index contributed by atoms with van der Waals surface area (Å²) in [7, 11) is 3.03. The van der Waals surface area contributed by atoms with E-state index < -0.39 is 17.4 Å². The van der Waals surface area contributed by atoms with E-state index in [9.17, 15) is 14.4 Å². The summed E-state index contributed by atoms with van der Waals surface area (Å²) in [5.74, 6) is 0.208. The fourth-order valence-corrected chi connectivity index (χ4v) is 4.81. The van der Waals surface area contributed by atoms with Gasteiger partial charge in [-0.1, -0.05) is 17.7 Å². The number of anilines is 2. The molecule has 11 heteroatoms. The van der Waals surface area contributed by atoms with Gasteiger partial charge in [0.05, 0.1) is 36.5 Å². The number of amides is 2. The second-order valence-corrected chi connectivity index (χ2v) is 9.35. The fourth-order valence-electron chi connectivity index (χ4n) is 3.60. The molecule has 2 amide bonds. The number of ether oxygens (including phenoxy) is 2. The van der Waals surface area contributed by atoms with Crippen LogP contribution in [0.4, 0.5) is 11.4 Å². The molecule has 186 valence electrons. The van der Waals surface area contributed by atoms with Crippen LogP contribution in [-0.4, -0.2) is 35.6 Å². The Kier molecular flexibility index (Phi) is 7.27. The molecule has 0 aliphatic heterocycles. The monoisotopic (exact) mass is 526 g/mol. The molecule has 2 N–H and O–H groups in total. The Labute approximate surface area is 215 Å². The van der Waals surface area contributed by atoms with Crippen molar-refractivity contribution >= 4 is 56.3 Å². The maximum atomic E-state index is 13.2. The molecule has 0 bridgehead atoms.